The number of halogens is 1. The van der Waals surface area contributed by atoms with Crippen LogP contribution in [0.1, 0.15) is 11.7 Å². The van der Waals surface area contributed by atoms with Crippen LogP contribution in [0.25, 0.3) is 0 Å². The fourth-order valence-corrected chi connectivity index (χ4v) is 1.07. The SMILES string of the molecule is O=C(O)/C=C/C(O)c1ccc(Cl)cc1. The first kappa shape index (κ1) is 10.8. The van der Waals surface area contributed by atoms with Crippen LogP contribution in [-0.2, 0) is 4.79 Å². The van der Waals surface area contributed by atoms with Crippen molar-refractivity contribution >= 4 is 17.6 Å². The van der Waals surface area contributed by atoms with E-state index in [0.717, 1.165) is 6.08 Å². The van der Waals surface area contributed by atoms with Crippen LogP contribution < -0.4 is 0 Å². The first-order chi connectivity index (χ1) is 6.59. The van der Waals surface area contributed by atoms with Gasteiger partial charge in [-0.2, -0.15) is 0 Å². The Labute approximate surface area is 86.3 Å². The van der Waals surface area contributed by atoms with Crippen LogP contribution in [0.4, 0.5) is 0 Å². The monoisotopic (exact) mass is 212 g/mol. The molecule has 14 heavy (non-hydrogen) atoms. The number of benzene rings is 1. The van der Waals surface area contributed by atoms with E-state index in [0.29, 0.717) is 10.6 Å². The van der Waals surface area contributed by atoms with Gasteiger partial charge in [0.1, 0.15) is 0 Å². The Kier molecular flexibility index (Phi) is 3.68. The van der Waals surface area contributed by atoms with Crippen molar-refractivity contribution in [2.24, 2.45) is 0 Å². The largest absolute Gasteiger partial charge is 0.478 e. The summed E-state index contributed by atoms with van der Waals surface area (Å²) in [6, 6.07) is 6.54. The Morgan fingerprint density at radius 2 is 1.93 bits per heavy atom. The summed E-state index contributed by atoms with van der Waals surface area (Å²) in [4.78, 5) is 10.2. The molecule has 0 spiro atoms. The summed E-state index contributed by atoms with van der Waals surface area (Å²) in [5.41, 5.74) is 0.604. The Morgan fingerprint density at radius 1 is 1.36 bits per heavy atom. The Morgan fingerprint density at radius 3 is 2.43 bits per heavy atom. The Balaban J connectivity index is 2.74. The van der Waals surface area contributed by atoms with E-state index in [1.807, 2.05) is 0 Å². The van der Waals surface area contributed by atoms with Gasteiger partial charge in [0, 0.05) is 11.1 Å². The minimum atomic E-state index is -1.09. The van der Waals surface area contributed by atoms with Crippen molar-refractivity contribution < 1.29 is 15.0 Å². The molecule has 0 amide bonds. The fourth-order valence-electron chi connectivity index (χ4n) is 0.945. The molecule has 0 aliphatic rings. The van der Waals surface area contributed by atoms with Gasteiger partial charge in [0.25, 0.3) is 0 Å². The summed E-state index contributed by atoms with van der Waals surface area (Å²) >= 11 is 5.65. The van der Waals surface area contributed by atoms with Crippen LogP contribution in [-0.4, -0.2) is 16.2 Å². The van der Waals surface area contributed by atoms with Gasteiger partial charge < -0.3 is 10.2 Å². The quantitative estimate of drug-likeness (QED) is 0.754. The minimum absolute atomic E-state index is 0.572. The van der Waals surface area contributed by atoms with Gasteiger partial charge in [-0.25, -0.2) is 4.79 Å². The molecule has 0 fully saturated rings. The first-order valence-corrected chi connectivity index (χ1v) is 4.32. The maximum atomic E-state index is 10.2. The van der Waals surface area contributed by atoms with Crippen molar-refractivity contribution in [1.82, 2.24) is 0 Å². The zero-order chi connectivity index (χ0) is 10.6. The topological polar surface area (TPSA) is 57.5 Å². The van der Waals surface area contributed by atoms with Gasteiger partial charge in [-0.1, -0.05) is 23.7 Å². The number of aliphatic carboxylic acids is 1. The number of carboxylic acid groups (broad SMARTS) is 1. The second kappa shape index (κ2) is 4.79. The molecule has 1 unspecified atom stereocenters. The van der Waals surface area contributed by atoms with Crippen LogP contribution in [0.3, 0.4) is 0 Å². The molecule has 0 aromatic heterocycles. The van der Waals surface area contributed by atoms with Gasteiger partial charge in [0.2, 0.25) is 0 Å². The van der Waals surface area contributed by atoms with Crippen molar-refractivity contribution in [3.8, 4) is 0 Å². The van der Waals surface area contributed by atoms with Gasteiger partial charge in [-0.15, -0.1) is 0 Å². The highest BCUT2D eigenvalue weighted by Gasteiger charge is 2.02. The van der Waals surface area contributed by atoms with Gasteiger partial charge in [0.05, 0.1) is 6.10 Å². The van der Waals surface area contributed by atoms with E-state index in [4.69, 9.17) is 16.7 Å². The molecule has 1 aromatic carbocycles. The average molecular weight is 213 g/mol. The van der Waals surface area contributed by atoms with Crippen molar-refractivity contribution in [2.45, 2.75) is 6.10 Å². The molecule has 3 nitrogen and oxygen atoms in total. The molecule has 0 heterocycles. The summed E-state index contributed by atoms with van der Waals surface area (Å²) in [7, 11) is 0. The molecule has 0 saturated heterocycles. The van der Waals surface area contributed by atoms with Crippen LogP contribution in [0.2, 0.25) is 5.02 Å². The summed E-state index contributed by atoms with van der Waals surface area (Å²) < 4.78 is 0. The van der Waals surface area contributed by atoms with Crippen LogP contribution in [0.5, 0.6) is 0 Å². The average Bonchev–Trinajstić information content (AvgIpc) is 2.15. The maximum absolute atomic E-state index is 10.2. The lowest BCUT2D eigenvalue weighted by Gasteiger charge is -2.04. The molecule has 0 bridgehead atoms. The normalized spacial score (nSPS) is 13.0. The molecule has 2 N–H and O–H groups in total. The number of hydrogen-bond acceptors (Lipinski definition) is 2. The standard InChI is InChI=1S/C10H9ClO3/c11-8-3-1-7(2-4-8)9(12)5-6-10(13)14/h1-6,9,12H,(H,13,14)/b6-5+. The second-order valence-electron chi connectivity index (χ2n) is 2.69. The summed E-state index contributed by atoms with van der Waals surface area (Å²) in [6.45, 7) is 0. The Hall–Kier alpha value is -1.32. The highest BCUT2D eigenvalue weighted by molar-refractivity contribution is 6.30. The third kappa shape index (κ3) is 3.20. The number of hydrogen-bond donors (Lipinski definition) is 2. The molecule has 4 heteroatoms. The fraction of sp³-hybridized carbons (Fsp3) is 0.100. The lowest BCUT2D eigenvalue weighted by molar-refractivity contribution is -0.131. The second-order valence-corrected chi connectivity index (χ2v) is 3.13. The van der Waals surface area contributed by atoms with E-state index in [1.165, 1.54) is 6.08 Å². The molecule has 1 aromatic rings. The third-order valence-electron chi connectivity index (χ3n) is 1.63. The third-order valence-corrected chi connectivity index (χ3v) is 1.88. The number of rotatable bonds is 3. The van der Waals surface area contributed by atoms with E-state index >= 15 is 0 Å². The zero-order valence-corrected chi connectivity index (χ0v) is 7.98. The molecule has 74 valence electrons. The molecule has 1 rings (SSSR count). The van der Waals surface area contributed by atoms with Crippen LogP contribution >= 0.6 is 11.6 Å². The first-order valence-electron chi connectivity index (χ1n) is 3.94. The highest BCUT2D eigenvalue weighted by atomic mass is 35.5. The number of aliphatic hydroxyl groups excluding tert-OH is 1. The van der Waals surface area contributed by atoms with E-state index in [-0.39, 0.29) is 0 Å². The van der Waals surface area contributed by atoms with Crippen molar-refractivity contribution in [3.05, 3.63) is 47.0 Å². The zero-order valence-electron chi connectivity index (χ0n) is 7.22. The lowest BCUT2D eigenvalue weighted by Crippen LogP contribution is -1.95. The molecular weight excluding hydrogens is 204 g/mol. The number of aliphatic hydroxyl groups is 1. The number of carboxylic acids is 1. The molecule has 0 aliphatic heterocycles. The number of carbonyl (C=O) groups is 1. The van der Waals surface area contributed by atoms with Gasteiger partial charge in [-0.3, -0.25) is 0 Å². The lowest BCUT2D eigenvalue weighted by atomic mass is 10.1. The molecular formula is C10H9ClO3. The van der Waals surface area contributed by atoms with E-state index in [9.17, 15) is 9.90 Å². The van der Waals surface area contributed by atoms with Crippen molar-refractivity contribution in [2.75, 3.05) is 0 Å². The van der Waals surface area contributed by atoms with Crippen LogP contribution in [0.15, 0.2) is 36.4 Å². The summed E-state index contributed by atoms with van der Waals surface area (Å²) in [5, 5.41) is 18.4. The predicted octanol–water partition coefficient (Wildman–Crippen LogP) is 2.01. The molecule has 0 saturated carbocycles. The Bertz CT molecular complexity index is 343. The van der Waals surface area contributed by atoms with Crippen LogP contribution in [0, 0.1) is 0 Å². The highest BCUT2D eigenvalue weighted by Crippen LogP contribution is 2.17. The smallest absolute Gasteiger partial charge is 0.328 e. The van der Waals surface area contributed by atoms with E-state index in [2.05, 4.69) is 0 Å². The molecule has 1 atom stereocenters. The molecule has 0 radical (unpaired) electrons. The van der Waals surface area contributed by atoms with Crippen molar-refractivity contribution in [1.29, 1.82) is 0 Å². The molecule has 0 aliphatic carbocycles. The summed E-state index contributed by atoms with van der Waals surface area (Å²) in [5.74, 6) is -1.09. The van der Waals surface area contributed by atoms with Gasteiger partial charge in [-0.05, 0) is 23.8 Å². The minimum Gasteiger partial charge on any atom is -0.478 e. The van der Waals surface area contributed by atoms with Gasteiger partial charge in [0.15, 0.2) is 0 Å². The summed E-state index contributed by atoms with van der Waals surface area (Å²) in [6.07, 6.45) is 1.19. The van der Waals surface area contributed by atoms with Gasteiger partial charge >= 0.3 is 5.97 Å². The predicted molar refractivity (Wildman–Crippen MR) is 53.2 cm³/mol. The van der Waals surface area contributed by atoms with Crippen molar-refractivity contribution in [3.63, 3.8) is 0 Å². The van der Waals surface area contributed by atoms with E-state index in [1.54, 1.807) is 24.3 Å². The maximum Gasteiger partial charge on any atom is 0.328 e. The van der Waals surface area contributed by atoms with E-state index < -0.39 is 12.1 Å².